The van der Waals surface area contributed by atoms with E-state index in [1.165, 1.54) is 37.9 Å². The van der Waals surface area contributed by atoms with Crippen molar-refractivity contribution in [3.05, 3.63) is 18.2 Å². The lowest BCUT2D eigenvalue weighted by Gasteiger charge is -2.18. The van der Waals surface area contributed by atoms with Crippen LogP contribution in [0.5, 0.6) is 0 Å². The van der Waals surface area contributed by atoms with E-state index in [0.717, 1.165) is 37.5 Å². The number of ether oxygens (including phenoxy) is 1. The number of hydrogen-bond donors (Lipinski definition) is 1. The van der Waals surface area contributed by atoms with E-state index in [-0.39, 0.29) is 0 Å². The minimum Gasteiger partial charge on any atom is -0.383 e. The average molecular weight is 263 g/mol. The summed E-state index contributed by atoms with van der Waals surface area (Å²) in [5.41, 5.74) is 1.31. The van der Waals surface area contributed by atoms with Gasteiger partial charge in [0.15, 0.2) is 0 Å². The van der Waals surface area contributed by atoms with Crippen molar-refractivity contribution in [2.45, 2.75) is 38.8 Å². The molecular weight excluding hydrogens is 238 g/mol. The maximum Gasteiger partial charge on any atom is 0.0948 e. The Morgan fingerprint density at radius 1 is 1.37 bits per heavy atom. The second kappa shape index (κ2) is 6.06. The summed E-state index contributed by atoms with van der Waals surface area (Å²) in [5, 5.41) is 3.41. The Morgan fingerprint density at radius 3 is 2.74 bits per heavy atom. The molecule has 0 spiro atoms. The summed E-state index contributed by atoms with van der Waals surface area (Å²) in [6, 6.07) is 0. The monoisotopic (exact) mass is 263 g/mol. The van der Waals surface area contributed by atoms with Crippen molar-refractivity contribution in [3.63, 3.8) is 0 Å². The van der Waals surface area contributed by atoms with Crippen molar-refractivity contribution in [2.75, 3.05) is 20.3 Å². The number of nitrogens with one attached hydrogen (secondary N) is 1. The molecule has 3 rings (SSSR count). The maximum absolute atomic E-state index is 5.05. The third kappa shape index (κ3) is 3.57. The van der Waals surface area contributed by atoms with Gasteiger partial charge in [-0.15, -0.1) is 0 Å². The Morgan fingerprint density at radius 2 is 2.11 bits per heavy atom. The molecule has 2 saturated carbocycles. The summed E-state index contributed by atoms with van der Waals surface area (Å²) in [4.78, 5) is 4.33. The van der Waals surface area contributed by atoms with Crippen LogP contribution in [0.15, 0.2) is 12.5 Å². The van der Waals surface area contributed by atoms with Crippen LogP contribution in [-0.4, -0.2) is 29.8 Å². The average Bonchev–Trinajstić information content (AvgIpc) is 3.32. The van der Waals surface area contributed by atoms with Gasteiger partial charge >= 0.3 is 0 Å². The summed E-state index contributed by atoms with van der Waals surface area (Å²) in [5.74, 6) is 2.92. The summed E-state index contributed by atoms with van der Waals surface area (Å²) < 4.78 is 7.41. The molecule has 2 aliphatic rings. The minimum absolute atomic E-state index is 0.765. The molecule has 0 atom stereocenters. The second-order valence-electron chi connectivity index (χ2n) is 6.05. The summed E-state index contributed by atoms with van der Waals surface area (Å²) in [7, 11) is 1.74. The highest BCUT2D eigenvalue weighted by molar-refractivity contribution is 5.00. The molecule has 1 N–H and O–H groups in total. The van der Waals surface area contributed by atoms with Crippen LogP contribution < -0.4 is 5.32 Å². The van der Waals surface area contributed by atoms with E-state index < -0.39 is 0 Å². The molecule has 4 heteroatoms. The van der Waals surface area contributed by atoms with Gasteiger partial charge in [-0.25, -0.2) is 4.98 Å². The number of hydrogen-bond acceptors (Lipinski definition) is 3. The van der Waals surface area contributed by atoms with Crippen molar-refractivity contribution < 1.29 is 4.74 Å². The van der Waals surface area contributed by atoms with Crippen LogP contribution >= 0.6 is 0 Å². The van der Waals surface area contributed by atoms with Crippen LogP contribution in [-0.2, 0) is 17.8 Å². The topological polar surface area (TPSA) is 39.1 Å². The first kappa shape index (κ1) is 13.1. The Kier molecular flexibility index (Phi) is 4.18. The molecule has 1 aromatic rings. The van der Waals surface area contributed by atoms with Gasteiger partial charge < -0.3 is 14.6 Å². The third-order valence-electron chi connectivity index (χ3n) is 4.45. The van der Waals surface area contributed by atoms with Crippen LogP contribution in [0.4, 0.5) is 0 Å². The predicted octanol–water partition coefficient (Wildman–Crippen LogP) is 2.06. The summed E-state index contributed by atoms with van der Waals surface area (Å²) >= 11 is 0. The highest BCUT2D eigenvalue weighted by atomic mass is 16.5. The molecule has 0 bridgehead atoms. The molecule has 0 unspecified atom stereocenters. The molecule has 1 heterocycles. The van der Waals surface area contributed by atoms with Gasteiger partial charge in [-0.05, 0) is 43.4 Å². The lowest BCUT2D eigenvalue weighted by molar-refractivity contribution is 0.199. The van der Waals surface area contributed by atoms with Gasteiger partial charge in [-0.1, -0.05) is 0 Å². The zero-order chi connectivity index (χ0) is 13.1. The molecule has 2 aliphatic carbocycles. The standard InChI is InChI=1S/C15H25N3O/c1-19-7-6-16-8-14-9-17-11-18(14)10-15(12-2-3-12)13-4-5-13/h9,11-13,15-16H,2-8,10H2,1H3. The fourth-order valence-corrected chi connectivity index (χ4v) is 3.01. The molecule has 1 aromatic heterocycles. The lowest BCUT2D eigenvalue weighted by Crippen LogP contribution is -2.22. The first-order valence-electron chi connectivity index (χ1n) is 7.57. The number of methoxy groups -OCH3 is 1. The van der Waals surface area contributed by atoms with Gasteiger partial charge in [-0.2, -0.15) is 0 Å². The van der Waals surface area contributed by atoms with Crippen molar-refractivity contribution >= 4 is 0 Å². The Labute approximate surface area is 115 Å². The van der Waals surface area contributed by atoms with E-state index in [1.54, 1.807) is 7.11 Å². The van der Waals surface area contributed by atoms with Gasteiger partial charge in [0.05, 0.1) is 18.6 Å². The summed E-state index contributed by atoms with van der Waals surface area (Å²) in [6.45, 7) is 3.74. The van der Waals surface area contributed by atoms with Crippen molar-refractivity contribution in [2.24, 2.45) is 17.8 Å². The van der Waals surface area contributed by atoms with Gasteiger partial charge in [-0.3, -0.25) is 0 Å². The molecule has 106 valence electrons. The van der Waals surface area contributed by atoms with Crippen LogP contribution in [0, 0.1) is 17.8 Å². The molecule has 0 amide bonds. The maximum atomic E-state index is 5.05. The van der Waals surface area contributed by atoms with E-state index in [9.17, 15) is 0 Å². The van der Waals surface area contributed by atoms with Gasteiger partial charge in [0.25, 0.3) is 0 Å². The third-order valence-corrected chi connectivity index (χ3v) is 4.45. The van der Waals surface area contributed by atoms with E-state index in [1.807, 2.05) is 12.5 Å². The van der Waals surface area contributed by atoms with Crippen molar-refractivity contribution in [3.8, 4) is 0 Å². The molecule has 19 heavy (non-hydrogen) atoms. The molecule has 2 fully saturated rings. The fourth-order valence-electron chi connectivity index (χ4n) is 3.01. The quantitative estimate of drug-likeness (QED) is 0.693. The summed E-state index contributed by atoms with van der Waals surface area (Å²) in [6.07, 6.45) is 9.82. The Hall–Kier alpha value is -0.870. The fraction of sp³-hybridized carbons (Fsp3) is 0.800. The number of nitrogens with zero attached hydrogens (tertiary/aromatic N) is 2. The molecule has 0 aliphatic heterocycles. The Bertz CT molecular complexity index is 384. The largest absolute Gasteiger partial charge is 0.383 e. The predicted molar refractivity (Wildman–Crippen MR) is 74.7 cm³/mol. The number of rotatable bonds is 9. The first-order valence-corrected chi connectivity index (χ1v) is 7.57. The molecular formula is C15H25N3O. The van der Waals surface area contributed by atoms with Gasteiger partial charge in [0, 0.05) is 32.9 Å². The first-order chi connectivity index (χ1) is 9.38. The van der Waals surface area contributed by atoms with Crippen LogP contribution in [0.1, 0.15) is 31.4 Å². The molecule has 0 radical (unpaired) electrons. The van der Waals surface area contributed by atoms with Crippen LogP contribution in [0.3, 0.4) is 0 Å². The minimum atomic E-state index is 0.765. The highest BCUT2D eigenvalue weighted by Crippen LogP contribution is 2.49. The van der Waals surface area contributed by atoms with Crippen molar-refractivity contribution in [1.82, 2.24) is 14.9 Å². The second-order valence-corrected chi connectivity index (χ2v) is 6.05. The lowest BCUT2D eigenvalue weighted by atomic mass is 9.98. The highest BCUT2D eigenvalue weighted by Gasteiger charge is 2.41. The van der Waals surface area contributed by atoms with E-state index in [2.05, 4.69) is 14.9 Å². The zero-order valence-corrected chi connectivity index (χ0v) is 11.8. The zero-order valence-electron chi connectivity index (χ0n) is 11.8. The number of aromatic nitrogens is 2. The van der Waals surface area contributed by atoms with Crippen LogP contribution in [0.25, 0.3) is 0 Å². The van der Waals surface area contributed by atoms with E-state index >= 15 is 0 Å². The molecule has 0 saturated heterocycles. The molecule has 0 aromatic carbocycles. The SMILES string of the molecule is COCCNCc1cncn1CC(C1CC1)C1CC1. The van der Waals surface area contributed by atoms with E-state index in [4.69, 9.17) is 4.74 Å². The number of imidazole rings is 1. The van der Waals surface area contributed by atoms with Crippen LogP contribution in [0.2, 0.25) is 0 Å². The van der Waals surface area contributed by atoms with Gasteiger partial charge in [0.2, 0.25) is 0 Å². The van der Waals surface area contributed by atoms with E-state index in [0.29, 0.717) is 0 Å². The Balaban J connectivity index is 1.53. The normalized spacial score (nSPS) is 19.3. The smallest absolute Gasteiger partial charge is 0.0948 e. The molecule has 4 nitrogen and oxygen atoms in total. The van der Waals surface area contributed by atoms with Crippen molar-refractivity contribution in [1.29, 1.82) is 0 Å². The van der Waals surface area contributed by atoms with Gasteiger partial charge in [0.1, 0.15) is 0 Å².